The van der Waals surface area contributed by atoms with E-state index in [9.17, 15) is 9.59 Å². The van der Waals surface area contributed by atoms with E-state index >= 15 is 0 Å². The minimum atomic E-state index is -1.88. The van der Waals surface area contributed by atoms with Gasteiger partial charge in [-0.05, 0) is 32.5 Å². The van der Waals surface area contributed by atoms with E-state index in [1.807, 2.05) is 33.5 Å². The van der Waals surface area contributed by atoms with Crippen molar-refractivity contribution >= 4 is 20.2 Å². The quantitative estimate of drug-likeness (QED) is 0.528. The average molecular weight is 271 g/mol. The molecule has 0 aliphatic heterocycles. The molecule has 0 saturated carbocycles. The largest absolute Gasteiger partial charge is 0.517 e. The third kappa shape index (κ3) is 8.06. The predicted molar refractivity (Wildman–Crippen MR) is 75.7 cm³/mol. The van der Waals surface area contributed by atoms with Gasteiger partial charge in [0.1, 0.15) is 0 Å². The van der Waals surface area contributed by atoms with E-state index in [0.717, 1.165) is 25.9 Å². The van der Waals surface area contributed by atoms with Gasteiger partial charge < -0.3 is 9.33 Å². The number of carbonyl (C=O) groups excluding carboxylic acids is 2. The molecular formula is C13H25NO3Si. The van der Waals surface area contributed by atoms with Gasteiger partial charge in [0.05, 0.1) is 0 Å². The first-order chi connectivity index (χ1) is 8.30. The van der Waals surface area contributed by atoms with Crippen LogP contribution in [-0.2, 0) is 14.0 Å². The highest BCUT2D eigenvalue weighted by molar-refractivity contribution is 6.71. The van der Waals surface area contributed by atoms with Crippen molar-refractivity contribution < 1.29 is 14.0 Å². The number of nitrogens with zero attached hydrogens (tertiary/aromatic N) is 1. The van der Waals surface area contributed by atoms with Crippen LogP contribution in [0, 0.1) is 0 Å². The van der Waals surface area contributed by atoms with E-state index in [-0.39, 0.29) is 5.91 Å². The van der Waals surface area contributed by atoms with Gasteiger partial charge >= 0.3 is 5.97 Å². The Balaban J connectivity index is 4.38. The lowest BCUT2D eigenvalue weighted by molar-refractivity contribution is -0.131. The Morgan fingerprint density at radius 1 is 1.06 bits per heavy atom. The third-order valence-electron chi connectivity index (χ3n) is 2.07. The summed E-state index contributed by atoms with van der Waals surface area (Å²) in [5.41, 5.74) is 0. The zero-order valence-corrected chi connectivity index (χ0v) is 13.2. The van der Waals surface area contributed by atoms with Gasteiger partial charge in [0.15, 0.2) is 0 Å². The van der Waals surface area contributed by atoms with E-state index in [1.54, 1.807) is 4.90 Å². The minimum Gasteiger partial charge on any atom is -0.517 e. The Hall–Kier alpha value is -1.10. The van der Waals surface area contributed by atoms with E-state index in [1.165, 1.54) is 12.2 Å². The normalized spacial score (nSPS) is 11.6. The molecule has 0 heterocycles. The van der Waals surface area contributed by atoms with Crippen molar-refractivity contribution in [1.29, 1.82) is 0 Å². The summed E-state index contributed by atoms with van der Waals surface area (Å²) in [4.78, 5) is 25.0. The van der Waals surface area contributed by atoms with Crippen molar-refractivity contribution in [2.75, 3.05) is 13.1 Å². The van der Waals surface area contributed by atoms with Gasteiger partial charge in [-0.15, -0.1) is 0 Å². The van der Waals surface area contributed by atoms with E-state index in [4.69, 9.17) is 4.43 Å². The van der Waals surface area contributed by atoms with Crippen LogP contribution in [0.3, 0.4) is 0 Å². The zero-order chi connectivity index (χ0) is 14.2. The molecule has 0 radical (unpaired) electrons. The molecule has 0 atom stereocenters. The SMILES string of the molecule is CCCN(CCC)C(=O)/C=C/C(=O)O[Si](C)(C)C. The molecule has 4 nitrogen and oxygen atoms in total. The smallest absolute Gasteiger partial charge is 0.317 e. The maximum absolute atomic E-state index is 11.8. The molecule has 1 amide bonds. The van der Waals surface area contributed by atoms with Gasteiger partial charge in [-0.1, -0.05) is 13.8 Å². The topological polar surface area (TPSA) is 46.6 Å². The molecule has 18 heavy (non-hydrogen) atoms. The molecule has 0 aliphatic rings. The van der Waals surface area contributed by atoms with Crippen molar-refractivity contribution in [3.63, 3.8) is 0 Å². The second-order valence-electron chi connectivity index (χ2n) is 5.19. The Kier molecular flexibility index (Phi) is 7.58. The molecule has 0 rings (SSSR count). The highest BCUT2D eigenvalue weighted by Gasteiger charge is 2.18. The van der Waals surface area contributed by atoms with Gasteiger partial charge in [-0.2, -0.15) is 0 Å². The summed E-state index contributed by atoms with van der Waals surface area (Å²) in [5, 5.41) is 0. The molecule has 104 valence electrons. The van der Waals surface area contributed by atoms with E-state index < -0.39 is 14.3 Å². The fraction of sp³-hybridized carbons (Fsp3) is 0.692. The molecule has 0 fully saturated rings. The summed E-state index contributed by atoms with van der Waals surface area (Å²) < 4.78 is 5.23. The average Bonchev–Trinajstić information content (AvgIpc) is 2.23. The van der Waals surface area contributed by atoms with Crippen LogP contribution in [0.5, 0.6) is 0 Å². The van der Waals surface area contributed by atoms with Crippen LogP contribution < -0.4 is 0 Å². The second kappa shape index (κ2) is 8.08. The molecule has 0 bridgehead atoms. The van der Waals surface area contributed by atoms with Crippen molar-refractivity contribution in [2.45, 2.75) is 46.3 Å². The molecule has 0 aromatic rings. The van der Waals surface area contributed by atoms with Crippen molar-refractivity contribution in [1.82, 2.24) is 4.90 Å². The standard InChI is InChI=1S/C13H25NO3Si/c1-6-10-14(11-7-2)12(15)8-9-13(16)17-18(3,4)5/h8-9H,6-7,10-11H2,1-5H3/b9-8+. The number of carbonyl (C=O) groups is 2. The van der Waals surface area contributed by atoms with E-state index in [0.29, 0.717) is 0 Å². The minimum absolute atomic E-state index is 0.119. The van der Waals surface area contributed by atoms with Gasteiger partial charge in [0.2, 0.25) is 14.2 Å². The van der Waals surface area contributed by atoms with Gasteiger partial charge in [0.25, 0.3) is 0 Å². The first-order valence-corrected chi connectivity index (χ1v) is 9.91. The number of rotatable bonds is 7. The van der Waals surface area contributed by atoms with Crippen LogP contribution in [-0.4, -0.2) is 38.2 Å². The molecule has 0 aliphatic carbocycles. The fourth-order valence-electron chi connectivity index (χ4n) is 1.45. The Labute approximate surface area is 111 Å². The van der Waals surface area contributed by atoms with Crippen molar-refractivity contribution in [3.8, 4) is 0 Å². The molecule has 0 unspecified atom stereocenters. The first-order valence-electron chi connectivity index (χ1n) is 6.50. The van der Waals surface area contributed by atoms with Crippen molar-refractivity contribution in [2.24, 2.45) is 0 Å². The first kappa shape index (κ1) is 16.9. The molecule has 0 aromatic heterocycles. The highest BCUT2D eigenvalue weighted by atomic mass is 28.4. The predicted octanol–water partition coefficient (Wildman–Crippen LogP) is 2.57. The van der Waals surface area contributed by atoms with Crippen LogP contribution in [0.25, 0.3) is 0 Å². The third-order valence-corrected chi connectivity index (χ3v) is 2.88. The highest BCUT2D eigenvalue weighted by Crippen LogP contribution is 2.03. The lowest BCUT2D eigenvalue weighted by atomic mass is 10.3. The lowest BCUT2D eigenvalue weighted by Crippen LogP contribution is -2.31. The van der Waals surface area contributed by atoms with Crippen LogP contribution >= 0.6 is 0 Å². The fourth-order valence-corrected chi connectivity index (χ4v) is 2.12. The summed E-state index contributed by atoms with van der Waals surface area (Å²) in [7, 11) is -1.88. The zero-order valence-electron chi connectivity index (χ0n) is 12.2. The monoisotopic (exact) mass is 271 g/mol. The van der Waals surface area contributed by atoms with Crippen molar-refractivity contribution in [3.05, 3.63) is 12.2 Å². The number of hydrogen-bond donors (Lipinski definition) is 0. The summed E-state index contributed by atoms with van der Waals surface area (Å²) in [6, 6.07) is 0. The summed E-state index contributed by atoms with van der Waals surface area (Å²) in [5.74, 6) is -0.540. The lowest BCUT2D eigenvalue weighted by Gasteiger charge is -2.19. The maximum Gasteiger partial charge on any atom is 0.317 e. The Morgan fingerprint density at radius 2 is 1.56 bits per heavy atom. The Bertz CT molecular complexity index is 302. The summed E-state index contributed by atoms with van der Waals surface area (Å²) >= 11 is 0. The van der Waals surface area contributed by atoms with Gasteiger partial charge in [-0.25, -0.2) is 4.79 Å². The molecule has 5 heteroatoms. The maximum atomic E-state index is 11.8. The Morgan fingerprint density at radius 3 is 1.94 bits per heavy atom. The molecule has 0 spiro atoms. The summed E-state index contributed by atoms with van der Waals surface area (Å²) in [6.07, 6.45) is 4.38. The van der Waals surface area contributed by atoms with E-state index in [2.05, 4.69) is 0 Å². The van der Waals surface area contributed by atoms with Crippen LogP contribution in [0.1, 0.15) is 26.7 Å². The molecule has 0 N–H and O–H groups in total. The van der Waals surface area contributed by atoms with Crippen LogP contribution in [0.4, 0.5) is 0 Å². The molecule has 0 saturated heterocycles. The van der Waals surface area contributed by atoms with Gasteiger partial charge in [-0.3, -0.25) is 4.79 Å². The summed E-state index contributed by atoms with van der Waals surface area (Å²) in [6.45, 7) is 11.3. The van der Waals surface area contributed by atoms with Gasteiger partial charge in [0, 0.05) is 25.2 Å². The number of amides is 1. The van der Waals surface area contributed by atoms with Crippen LogP contribution in [0.15, 0.2) is 12.2 Å². The molecule has 0 aromatic carbocycles. The molecular weight excluding hydrogens is 246 g/mol. The van der Waals surface area contributed by atoms with Crippen LogP contribution in [0.2, 0.25) is 19.6 Å². The second-order valence-corrected chi connectivity index (χ2v) is 9.62. The number of hydrogen-bond acceptors (Lipinski definition) is 3.